The topological polar surface area (TPSA) is 108 Å². The number of hydrogen-bond donors (Lipinski definition) is 3. The lowest BCUT2D eigenvalue weighted by Crippen LogP contribution is -3.00. The normalized spacial score (nSPS) is 10.5. The summed E-state index contributed by atoms with van der Waals surface area (Å²) in [6.07, 6.45) is 3.09. The second-order valence-corrected chi connectivity index (χ2v) is 7.73. The molecule has 10 heteroatoms. The maximum atomic E-state index is 12.3. The molecule has 0 aliphatic heterocycles. The monoisotopic (exact) mass is 446 g/mol. The lowest BCUT2D eigenvalue weighted by atomic mass is 10.2. The van der Waals surface area contributed by atoms with Gasteiger partial charge in [-0.1, -0.05) is 36.4 Å². The maximum Gasteiger partial charge on any atom is 0.290 e. The zero-order valence-electron chi connectivity index (χ0n) is 15.7. The second kappa shape index (κ2) is 10.5. The minimum absolute atomic E-state index is 0. The average Bonchev–Trinajstić information content (AvgIpc) is 2.73. The Morgan fingerprint density at radius 1 is 0.867 bits per heavy atom. The van der Waals surface area contributed by atoms with Crippen LogP contribution < -0.4 is 32.5 Å². The zero-order valence-corrected chi connectivity index (χ0v) is 17.2. The summed E-state index contributed by atoms with van der Waals surface area (Å²) < 4.78 is 25.9. The summed E-state index contributed by atoms with van der Waals surface area (Å²) in [6, 6.07) is 19.8. The van der Waals surface area contributed by atoms with E-state index in [0.29, 0.717) is 5.69 Å². The molecule has 3 N–H and O–H groups in total. The zero-order chi connectivity index (χ0) is 20.7. The molecule has 0 unspecified atom stereocenters. The first kappa shape index (κ1) is 23.0. The molecule has 1 aromatic heterocycles. The summed E-state index contributed by atoms with van der Waals surface area (Å²) in [7, 11) is -3.88. The minimum Gasteiger partial charge on any atom is -1.00 e. The molecule has 2 aromatic carbocycles. The highest BCUT2D eigenvalue weighted by Gasteiger charge is 2.17. The van der Waals surface area contributed by atoms with Crippen LogP contribution in [0.3, 0.4) is 0 Å². The molecule has 0 aliphatic rings. The van der Waals surface area contributed by atoms with Crippen molar-refractivity contribution in [2.45, 2.75) is 11.4 Å². The van der Waals surface area contributed by atoms with Gasteiger partial charge in [-0.15, -0.1) is 4.83 Å². The highest BCUT2D eigenvalue weighted by molar-refractivity contribution is 7.89. The minimum atomic E-state index is -3.88. The van der Waals surface area contributed by atoms with Gasteiger partial charge in [0.25, 0.3) is 21.8 Å². The number of para-hydroxylation sites is 1. The molecule has 0 spiro atoms. The Morgan fingerprint density at radius 2 is 1.50 bits per heavy atom. The number of carbonyl (C=O) groups is 2. The number of halogens is 1. The Kier molecular flexibility index (Phi) is 8.05. The van der Waals surface area contributed by atoms with Crippen molar-refractivity contribution in [3.63, 3.8) is 0 Å². The second-order valence-electron chi connectivity index (χ2n) is 6.05. The summed E-state index contributed by atoms with van der Waals surface area (Å²) >= 11 is 0. The van der Waals surface area contributed by atoms with Crippen LogP contribution in [0.25, 0.3) is 0 Å². The van der Waals surface area contributed by atoms with Crippen molar-refractivity contribution in [3.05, 3.63) is 90.8 Å². The van der Waals surface area contributed by atoms with Crippen LogP contribution >= 0.6 is 0 Å². The number of amides is 2. The number of nitrogens with one attached hydrogen (secondary N) is 3. The van der Waals surface area contributed by atoms with Gasteiger partial charge in [-0.05, 0) is 30.3 Å². The number of sulfonamides is 1. The smallest absolute Gasteiger partial charge is 0.290 e. The molecule has 0 bridgehead atoms. The maximum absolute atomic E-state index is 12.3. The molecule has 156 valence electrons. The Labute approximate surface area is 180 Å². The predicted octanol–water partition coefficient (Wildman–Crippen LogP) is -1.76. The molecule has 30 heavy (non-hydrogen) atoms. The van der Waals surface area contributed by atoms with Crippen molar-refractivity contribution >= 4 is 27.5 Å². The Hall–Kier alpha value is -3.27. The van der Waals surface area contributed by atoms with Gasteiger partial charge in [0.1, 0.15) is 5.56 Å². The summed E-state index contributed by atoms with van der Waals surface area (Å²) in [5.74, 6) is -0.911. The molecule has 0 saturated heterocycles. The van der Waals surface area contributed by atoms with E-state index in [4.69, 9.17) is 0 Å². The van der Waals surface area contributed by atoms with Crippen molar-refractivity contribution < 1.29 is 35.0 Å². The summed E-state index contributed by atoms with van der Waals surface area (Å²) in [4.78, 5) is 26.5. The number of anilines is 1. The summed E-state index contributed by atoms with van der Waals surface area (Å²) in [5, 5.41) is 2.75. The van der Waals surface area contributed by atoms with E-state index in [-0.39, 0.29) is 35.3 Å². The largest absolute Gasteiger partial charge is 1.00 e. The number of pyridine rings is 1. The molecule has 1 heterocycles. The lowest BCUT2D eigenvalue weighted by Gasteiger charge is -2.08. The van der Waals surface area contributed by atoms with E-state index < -0.39 is 15.9 Å². The third kappa shape index (κ3) is 6.38. The van der Waals surface area contributed by atoms with Crippen LogP contribution in [0.2, 0.25) is 0 Å². The van der Waals surface area contributed by atoms with Gasteiger partial charge in [-0.3, -0.25) is 15.0 Å². The van der Waals surface area contributed by atoms with Crippen LogP contribution in [0.15, 0.2) is 90.1 Å². The highest BCUT2D eigenvalue weighted by Crippen LogP contribution is 2.06. The van der Waals surface area contributed by atoms with E-state index in [2.05, 4.69) is 15.6 Å². The fourth-order valence-electron chi connectivity index (χ4n) is 2.49. The van der Waals surface area contributed by atoms with E-state index in [1.807, 2.05) is 18.2 Å². The lowest BCUT2D eigenvalue weighted by molar-refractivity contribution is -0.684. The van der Waals surface area contributed by atoms with Gasteiger partial charge in [0.15, 0.2) is 12.4 Å². The van der Waals surface area contributed by atoms with Gasteiger partial charge in [-0.25, -0.2) is 8.42 Å². The molecule has 0 saturated carbocycles. The fourth-order valence-corrected chi connectivity index (χ4v) is 3.35. The third-order valence-corrected chi connectivity index (χ3v) is 5.12. The fraction of sp³-hybridized carbons (Fsp3) is 0.0500. The van der Waals surface area contributed by atoms with Gasteiger partial charge in [0.2, 0.25) is 6.54 Å². The standard InChI is InChI=1S/C20H18N4O4S.ClH/c25-19(21-17-9-3-1-4-10-17)15-24-13-7-8-16(14-24)20(26)22-23-29(27,28)18-11-5-2-6-12-18;/h1-14,23H,15H2,(H-,21,22,25,26);1H. The van der Waals surface area contributed by atoms with Gasteiger partial charge in [-0.2, -0.15) is 4.57 Å². The summed E-state index contributed by atoms with van der Waals surface area (Å²) in [6.45, 7) is -0.00818. The van der Waals surface area contributed by atoms with Gasteiger partial charge < -0.3 is 17.7 Å². The molecular formula is C20H19ClN4O4S. The number of hydrazine groups is 1. The quantitative estimate of drug-likeness (QED) is 0.295. The van der Waals surface area contributed by atoms with Crippen LogP contribution in [-0.4, -0.2) is 20.2 Å². The van der Waals surface area contributed by atoms with E-state index in [1.54, 1.807) is 42.6 Å². The predicted molar refractivity (Wildman–Crippen MR) is 106 cm³/mol. The van der Waals surface area contributed by atoms with Crippen LogP contribution in [-0.2, 0) is 21.4 Å². The van der Waals surface area contributed by atoms with Crippen LogP contribution in [0.4, 0.5) is 5.69 Å². The van der Waals surface area contributed by atoms with E-state index in [9.17, 15) is 18.0 Å². The van der Waals surface area contributed by atoms with Gasteiger partial charge in [0.05, 0.1) is 4.90 Å². The van der Waals surface area contributed by atoms with E-state index >= 15 is 0 Å². The molecule has 0 fully saturated rings. The van der Waals surface area contributed by atoms with Gasteiger partial charge in [0, 0.05) is 11.8 Å². The molecule has 8 nitrogen and oxygen atoms in total. The molecule has 0 aliphatic carbocycles. The van der Waals surface area contributed by atoms with Crippen molar-refractivity contribution in [1.29, 1.82) is 0 Å². The number of rotatable bonds is 7. The highest BCUT2D eigenvalue weighted by atomic mass is 35.5. The molecule has 0 radical (unpaired) electrons. The van der Waals surface area contributed by atoms with Crippen molar-refractivity contribution in [1.82, 2.24) is 10.3 Å². The van der Waals surface area contributed by atoms with Gasteiger partial charge >= 0.3 is 0 Å². The van der Waals surface area contributed by atoms with E-state index in [1.165, 1.54) is 29.0 Å². The molecular weight excluding hydrogens is 428 g/mol. The number of carbonyl (C=O) groups excluding carboxylic acids is 2. The number of aromatic nitrogens is 1. The Bertz CT molecular complexity index is 1110. The van der Waals surface area contributed by atoms with Crippen molar-refractivity contribution in [2.24, 2.45) is 0 Å². The van der Waals surface area contributed by atoms with Crippen LogP contribution in [0, 0.1) is 0 Å². The van der Waals surface area contributed by atoms with Crippen molar-refractivity contribution in [3.8, 4) is 0 Å². The molecule has 3 aromatic rings. The Balaban J connectivity index is 0.00000320. The van der Waals surface area contributed by atoms with Crippen LogP contribution in [0.5, 0.6) is 0 Å². The van der Waals surface area contributed by atoms with E-state index in [0.717, 1.165) is 0 Å². The SMILES string of the molecule is O=C(C[n+]1cccc(C(=O)NNS(=O)(=O)c2ccccc2)c1)Nc1ccccc1.[Cl-]. The average molecular weight is 447 g/mol. The third-order valence-electron chi connectivity index (χ3n) is 3.86. The molecule has 2 amide bonds. The number of benzene rings is 2. The Morgan fingerprint density at radius 3 is 2.17 bits per heavy atom. The first-order chi connectivity index (χ1) is 13.9. The first-order valence-corrected chi connectivity index (χ1v) is 10.1. The molecule has 3 rings (SSSR count). The molecule has 0 atom stereocenters. The van der Waals surface area contributed by atoms with Crippen LogP contribution in [0.1, 0.15) is 10.4 Å². The number of nitrogens with zero attached hydrogens (tertiary/aromatic N) is 1. The van der Waals surface area contributed by atoms with Crippen molar-refractivity contribution in [2.75, 3.05) is 5.32 Å². The number of hydrogen-bond acceptors (Lipinski definition) is 4. The summed E-state index contributed by atoms with van der Waals surface area (Å²) in [5.41, 5.74) is 3.03. The first-order valence-electron chi connectivity index (χ1n) is 8.65.